The maximum absolute atomic E-state index is 14.3. The quantitative estimate of drug-likeness (QED) is 0.311. The molecule has 2 atom stereocenters. The van der Waals surface area contributed by atoms with Crippen molar-refractivity contribution in [1.29, 1.82) is 10.8 Å². The third-order valence-electron chi connectivity index (χ3n) is 4.91. The van der Waals surface area contributed by atoms with Crippen molar-refractivity contribution in [2.45, 2.75) is 24.7 Å². The predicted molar refractivity (Wildman–Crippen MR) is 116 cm³/mol. The van der Waals surface area contributed by atoms with Gasteiger partial charge in [-0.15, -0.1) is 0 Å². The first-order valence-electron chi connectivity index (χ1n) is 9.91. The van der Waals surface area contributed by atoms with Crippen molar-refractivity contribution >= 4 is 29.5 Å². The highest BCUT2D eigenvalue weighted by atomic mass is 19.4. The van der Waals surface area contributed by atoms with E-state index in [1.54, 1.807) is 18.2 Å². The molecule has 0 saturated carbocycles. The highest BCUT2D eigenvalue weighted by molar-refractivity contribution is 6.08. The minimum atomic E-state index is -4.39. The summed E-state index contributed by atoms with van der Waals surface area (Å²) >= 11 is 0. The van der Waals surface area contributed by atoms with Crippen LogP contribution in [0.15, 0.2) is 36.7 Å². The summed E-state index contributed by atoms with van der Waals surface area (Å²) in [6.45, 7) is -0.129. The van der Waals surface area contributed by atoms with Gasteiger partial charge in [0.25, 0.3) is 0 Å². The fourth-order valence-corrected chi connectivity index (χ4v) is 3.30. The number of piperidine rings is 1. The summed E-state index contributed by atoms with van der Waals surface area (Å²) in [5.41, 5.74) is 1.80. The van der Waals surface area contributed by atoms with Gasteiger partial charge in [-0.3, -0.25) is 4.98 Å². The highest BCUT2D eigenvalue weighted by Crippen LogP contribution is 2.27. The van der Waals surface area contributed by atoms with Gasteiger partial charge in [-0.25, -0.2) is 9.37 Å². The second-order valence-electron chi connectivity index (χ2n) is 7.23. The number of hydrogen-bond acceptors (Lipinski definition) is 7. The van der Waals surface area contributed by atoms with Crippen LogP contribution in [0.3, 0.4) is 0 Å². The maximum atomic E-state index is 14.3. The minimum Gasteiger partial charge on any atom is -0.382 e. The van der Waals surface area contributed by atoms with E-state index >= 15 is 0 Å². The zero-order valence-corrected chi connectivity index (χ0v) is 17.0. The summed E-state index contributed by atoms with van der Waals surface area (Å²) in [7, 11) is 0. The van der Waals surface area contributed by atoms with Gasteiger partial charge in [0.2, 0.25) is 0 Å². The molecular weight excluding hydrogens is 426 g/mol. The van der Waals surface area contributed by atoms with Crippen LogP contribution in [-0.4, -0.2) is 54.4 Å². The number of rotatable bonds is 8. The van der Waals surface area contributed by atoms with Crippen LogP contribution in [0.2, 0.25) is 0 Å². The van der Waals surface area contributed by atoms with Gasteiger partial charge in [-0.05, 0) is 31.2 Å². The zero-order chi connectivity index (χ0) is 23.1. The van der Waals surface area contributed by atoms with Crippen molar-refractivity contribution in [3.8, 4) is 0 Å². The number of alkyl halides is 4. The minimum absolute atomic E-state index is 0.129. The van der Waals surface area contributed by atoms with Crippen molar-refractivity contribution in [2.75, 3.05) is 25.0 Å². The predicted octanol–water partition coefficient (Wildman–Crippen LogP) is 3.78. The van der Waals surface area contributed by atoms with E-state index in [-0.39, 0.29) is 17.2 Å². The monoisotopic (exact) mass is 449 g/mol. The molecule has 1 fully saturated rings. The van der Waals surface area contributed by atoms with Crippen LogP contribution in [-0.2, 0) is 0 Å². The van der Waals surface area contributed by atoms with Crippen molar-refractivity contribution in [3.05, 3.63) is 53.6 Å². The Morgan fingerprint density at radius 3 is 2.78 bits per heavy atom. The average molecular weight is 449 g/mol. The van der Waals surface area contributed by atoms with Crippen LogP contribution in [0.25, 0.3) is 5.57 Å². The summed E-state index contributed by atoms with van der Waals surface area (Å²) in [6, 6.07) is 6.72. The Bertz CT molecular complexity index is 990. The van der Waals surface area contributed by atoms with E-state index in [2.05, 4.69) is 25.9 Å². The summed E-state index contributed by atoms with van der Waals surface area (Å²) in [6.07, 6.45) is -0.579. The second-order valence-corrected chi connectivity index (χ2v) is 7.23. The first-order chi connectivity index (χ1) is 15.3. The third-order valence-corrected chi connectivity index (χ3v) is 4.91. The number of aromatic nitrogens is 2. The van der Waals surface area contributed by atoms with Crippen molar-refractivity contribution in [1.82, 2.24) is 20.6 Å². The van der Waals surface area contributed by atoms with E-state index in [4.69, 9.17) is 10.8 Å². The van der Waals surface area contributed by atoms with E-state index in [0.29, 0.717) is 42.3 Å². The van der Waals surface area contributed by atoms with Gasteiger partial charge < -0.3 is 26.8 Å². The Morgan fingerprint density at radius 1 is 1.28 bits per heavy atom. The van der Waals surface area contributed by atoms with E-state index < -0.39 is 18.9 Å². The van der Waals surface area contributed by atoms with Gasteiger partial charge in [0.15, 0.2) is 0 Å². The average Bonchev–Trinajstić information content (AvgIpc) is 2.76. The molecule has 1 saturated heterocycles. The number of pyridine rings is 2. The summed E-state index contributed by atoms with van der Waals surface area (Å²) < 4.78 is 51.5. The molecule has 7 nitrogen and oxygen atoms in total. The number of nitrogens with one attached hydrogen (secondary N) is 5. The molecule has 2 aromatic rings. The van der Waals surface area contributed by atoms with Crippen LogP contribution in [0.4, 0.5) is 29.1 Å². The van der Waals surface area contributed by atoms with Gasteiger partial charge in [-0.1, -0.05) is 6.07 Å². The molecule has 5 N–H and O–H groups in total. The van der Waals surface area contributed by atoms with Gasteiger partial charge in [0, 0.05) is 48.4 Å². The second kappa shape index (κ2) is 10.3. The SMILES string of the molecule is N=C/C(=C\NCC(F)(F)F)c1cc(Nc2cccc(C3CNCCC3F)n2)c(C=N)cn1. The lowest BCUT2D eigenvalue weighted by Crippen LogP contribution is -2.36. The molecule has 3 heterocycles. The normalized spacial score (nSPS) is 19.3. The number of nitrogens with zero attached hydrogens (tertiary/aromatic N) is 2. The fraction of sp³-hybridized carbons (Fsp3) is 0.333. The van der Waals surface area contributed by atoms with Crippen LogP contribution in [0.5, 0.6) is 0 Å². The lowest BCUT2D eigenvalue weighted by molar-refractivity contribution is -0.122. The molecule has 3 rings (SSSR count). The molecule has 0 aromatic carbocycles. The van der Waals surface area contributed by atoms with E-state index in [0.717, 1.165) is 18.6 Å². The maximum Gasteiger partial charge on any atom is 0.405 e. The molecule has 2 aromatic heterocycles. The summed E-state index contributed by atoms with van der Waals surface area (Å²) in [5.74, 6) is 0.0592. The molecular formula is C21H23F4N7. The van der Waals surface area contributed by atoms with Crippen LogP contribution in [0.1, 0.15) is 29.3 Å². The highest BCUT2D eigenvalue weighted by Gasteiger charge is 2.27. The number of anilines is 2. The molecule has 0 aliphatic carbocycles. The van der Waals surface area contributed by atoms with Crippen LogP contribution in [0, 0.1) is 10.8 Å². The molecule has 11 heteroatoms. The Balaban J connectivity index is 1.85. The van der Waals surface area contributed by atoms with Gasteiger partial charge in [0.1, 0.15) is 18.5 Å². The first-order valence-corrected chi connectivity index (χ1v) is 9.91. The van der Waals surface area contributed by atoms with E-state index in [9.17, 15) is 17.6 Å². The standard InChI is InChI=1S/C21H23F4N7/c22-16-4-5-28-11-15(16)17-2-1-3-20(31-17)32-19-6-18(30-10-14(19)8-27)13(7-26)9-29-12-21(23,24)25/h1-3,6-10,15-16,26-29H,4-5,11-12H2,(H,30,31,32)/b13-9+,26-7?,27-8?. The molecule has 2 unspecified atom stereocenters. The molecule has 1 aliphatic rings. The van der Waals surface area contributed by atoms with Crippen LogP contribution < -0.4 is 16.0 Å². The molecule has 170 valence electrons. The topological polar surface area (TPSA) is 110 Å². The summed E-state index contributed by atoms with van der Waals surface area (Å²) in [4.78, 5) is 8.63. The van der Waals surface area contributed by atoms with Crippen molar-refractivity contribution < 1.29 is 17.6 Å². The van der Waals surface area contributed by atoms with Crippen molar-refractivity contribution in [3.63, 3.8) is 0 Å². The molecule has 1 aliphatic heterocycles. The lowest BCUT2D eigenvalue weighted by Gasteiger charge is -2.26. The Hall–Kier alpha value is -3.34. The molecule has 0 amide bonds. The third kappa shape index (κ3) is 6.10. The van der Waals surface area contributed by atoms with E-state index in [1.807, 2.05) is 0 Å². The zero-order valence-electron chi connectivity index (χ0n) is 17.0. The fourth-order valence-electron chi connectivity index (χ4n) is 3.30. The molecule has 0 spiro atoms. The lowest BCUT2D eigenvalue weighted by atomic mass is 9.93. The number of allylic oxidation sites excluding steroid dienone is 1. The Morgan fingerprint density at radius 2 is 2.09 bits per heavy atom. The Kier molecular flexibility index (Phi) is 7.52. The van der Waals surface area contributed by atoms with Gasteiger partial charge in [0.05, 0.1) is 17.1 Å². The Labute approximate surface area is 182 Å². The van der Waals surface area contributed by atoms with Crippen LogP contribution >= 0.6 is 0 Å². The summed E-state index contributed by atoms with van der Waals surface area (Å²) in [5, 5.41) is 23.5. The largest absolute Gasteiger partial charge is 0.405 e. The molecule has 32 heavy (non-hydrogen) atoms. The van der Waals surface area contributed by atoms with E-state index in [1.165, 1.54) is 12.3 Å². The van der Waals surface area contributed by atoms with Gasteiger partial charge >= 0.3 is 6.18 Å². The number of halogens is 4. The number of hydrogen-bond donors (Lipinski definition) is 5. The molecule has 0 bridgehead atoms. The first kappa shape index (κ1) is 23.3. The molecule has 0 radical (unpaired) electrons. The van der Waals surface area contributed by atoms with Gasteiger partial charge in [-0.2, -0.15) is 13.2 Å². The van der Waals surface area contributed by atoms with Crippen molar-refractivity contribution in [2.24, 2.45) is 0 Å². The smallest absolute Gasteiger partial charge is 0.382 e.